The number of likely N-dealkylation sites (N-methyl/N-ethyl adjacent to an activating group) is 1. The quantitative estimate of drug-likeness (QED) is 0.0276. The minimum absolute atomic E-state index is 0.0125. The summed E-state index contributed by atoms with van der Waals surface area (Å²) >= 11 is 0. The van der Waals surface area contributed by atoms with E-state index >= 15 is 0 Å². The molecule has 3 unspecified atom stereocenters. The van der Waals surface area contributed by atoms with E-state index in [9.17, 15) is 19.4 Å². The summed E-state index contributed by atoms with van der Waals surface area (Å²) in [5.74, 6) is -0.172. The Kier molecular flexibility index (Phi) is 37.3. The van der Waals surface area contributed by atoms with E-state index in [1.807, 2.05) is 21.1 Å². The summed E-state index contributed by atoms with van der Waals surface area (Å²) in [6.07, 6.45) is 42.1. The number of allylic oxidation sites excluding steroid dienone is 2. The zero-order chi connectivity index (χ0) is 40.0. The highest BCUT2D eigenvalue weighted by atomic mass is 31.2. The van der Waals surface area contributed by atoms with Crippen molar-refractivity contribution >= 4 is 13.7 Å². The summed E-state index contributed by atoms with van der Waals surface area (Å²) in [6, 6.07) is -0.800. The lowest BCUT2D eigenvalue weighted by molar-refractivity contribution is -0.870. The van der Waals surface area contributed by atoms with E-state index in [1.54, 1.807) is 0 Å². The fourth-order valence-electron chi connectivity index (χ4n) is 6.80. The molecule has 3 atom stereocenters. The van der Waals surface area contributed by atoms with Gasteiger partial charge in [0.25, 0.3) is 7.82 Å². The lowest BCUT2D eigenvalue weighted by atomic mass is 10.0. The second-order valence-corrected chi connectivity index (χ2v) is 18.5. The van der Waals surface area contributed by atoms with Crippen LogP contribution >= 0.6 is 7.82 Å². The highest BCUT2D eigenvalue weighted by Crippen LogP contribution is 2.38. The Labute approximate surface area is 335 Å². The first kappa shape index (κ1) is 53.2. The Hall–Kier alpha value is -0.760. The van der Waals surface area contributed by atoms with E-state index in [2.05, 4.69) is 31.3 Å². The molecular weight excluding hydrogens is 695 g/mol. The molecule has 54 heavy (non-hydrogen) atoms. The van der Waals surface area contributed by atoms with Crippen LogP contribution in [0.15, 0.2) is 12.2 Å². The van der Waals surface area contributed by atoms with Gasteiger partial charge in [-0.15, -0.1) is 0 Å². The lowest BCUT2D eigenvalue weighted by Crippen LogP contribution is -2.46. The third kappa shape index (κ3) is 39.5. The number of phosphoric acid groups is 1. The number of aliphatic hydroxyl groups excluding tert-OH is 1. The van der Waals surface area contributed by atoms with Crippen LogP contribution in [0.3, 0.4) is 0 Å². The Morgan fingerprint density at radius 1 is 0.630 bits per heavy atom. The minimum Gasteiger partial charge on any atom is -0.756 e. The number of hydrogen-bond acceptors (Lipinski definition) is 6. The predicted octanol–water partition coefficient (Wildman–Crippen LogP) is 12.1. The van der Waals surface area contributed by atoms with Crippen LogP contribution in [0.1, 0.15) is 219 Å². The molecule has 2 N–H and O–H groups in total. The molecule has 0 rings (SSSR count). The van der Waals surface area contributed by atoms with Gasteiger partial charge < -0.3 is 28.8 Å². The second kappa shape index (κ2) is 37.8. The smallest absolute Gasteiger partial charge is 0.268 e. The van der Waals surface area contributed by atoms with E-state index in [4.69, 9.17) is 9.05 Å². The molecule has 0 radical (unpaired) electrons. The Bertz CT molecular complexity index is 896. The van der Waals surface area contributed by atoms with Crippen molar-refractivity contribution in [3.8, 4) is 0 Å². The van der Waals surface area contributed by atoms with Gasteiger partial charge in [-0.25, -0.2) is 0 Å². The molecule has 0 aliphatic rings. The maximum absolute atomic E-state index is 12.9. The molecular formula is C45H91N2O6P. The van der Waals surface area contributed by atoms with Crippen molar-refractivity contribution in [3.63, 3.8) is 0 Å². The molecule has 9 heteroatoms. The largest absolute Gasteiger partial charge is 0.756 e. The lowest BCUT2D eigenvalue weighted by Gasteiger charge is -2.30. The third-order valence-corrected chi connectivity index (χ3v) is 11.5. The maximum atomic E-state index is 12.9. The summed E-state index contributed by atoms with van der Waals surface area (Å²) in [4.78, 5) is 25.3. The number of hydrogen-bond donors (Lipinski definition) is 2. The molecule has 1 amide bonds. The molecule has 0 bridgehead atoms. The van der Waals surface area contributed by atoms with Crippen LogP contribution in [0.2, 0.25) is 0 Å². The van der Waals surface area contributed by atoms with Gasteiger partial charge in [0.1, 0.15) is 13.2 Å². The van der Waals surface area contributed by atoms with Crippen molar-refractivity contribution in [2.75, 3.05) is 40.9 Å². The number of carbonyl (C=O) groups is 1. The van der Waals surface area contributed by atoms with Crippen molar-refractivity contribution in [1.29, 1.82) is 0 Å². The standard InChI is InChI=1S/C45H91N2O6P/c1-6-8-10-12-14-16-18-20-22-24-26-28-30-32-34-36-38-44(48)43(42-53-54(50,51)52-41-40-47(3,4)5)46-45(49)39-37-35-33-31-29-27-25-23-21-19-17-15-13-11-9-7-2/h23,25,43-44,48H,6-22,24,26-42H2,1-5H3,(H-,46,49,50,51)/b25-23-. The van der Waals surface area contributed by atoms with E-state index in [0.29, 0.717) is 23.9 Å². The molecule has 0 saturated heterocycles. The van der Waals surface area contributed by atoms with Crippen molar-refractivity contribution in [2.24, 2.45) is 0 Å². The highest BCUT2D eigenvalue weighted by Gasteiger charge is 2.24. The molecule has 0 aromatic heterocycles. The highest BCUT2D eigenvalue weighted by molar-refractivity contribution is 7.45. The van der Waals surface area contributed by atoms with E-state index in [0.717, 1.165) is 51.4 Å². The Morgan fingerprint density at radius 2 is 1.02 bits per heavy atom. The third-order valence-electron chi connectivity index (χ3n) is 10.5. The maximum Gasteiger partial charge on any atom is 0.268 e. The van der Waals surface area contributed by atoms with Gasteiger partial charge in [0, 0.05) is 6.42 Å². The molecule has 8 nitrogen and oxygen atoms in total. The van der Waals surface area contributed by atoms with Gasteiger partial charge in [-0.2, -0.15) is 0 Å². The van der Waals surface area contributed by atoms with Gasteiger partial charge in [-0.05, 0) is 38.5 Å². The molecule has 0 aromatic rings. The van der Waals surface area contributed by atoms with Crippen molar-refractivity contribution in [3.05, 3.63) is 12.2 Å². The zero-order valence-electron chi connectivity index (χ0n) is 36.4. The van der Waals surface area contributed by atoms with Crippen LogP contribution in [-0.2, 0) is 18.4 Å². The van der Waals surface area contributed by atoms with Gasteiger partial charge in [-0.3, -0.25) is 9.36 Å². The Morgan fingerprint density at radius 3 is 1.44 bits per heavy atom. The number of unbranched alkanes of at least 4 members (excludes halogenated alkanes) is 27. The van der Waals surface area contributed by atoms with Crippen LogP contribution in [0, 0.1) is 0 Å². The second-order valence-electron chi connectivity index (χ2n) is 17.1. The zero-order valence-corrected chi connectivity index (χ0v) is 37.3. The summed E-state index contributed by atoms with van der Waals surface area (Å²) in [6.45, 7) is 4.72. The van der Waals surface area contributed by atoms with Crippen molar-refractivity contribution < 1.29 is 32.9 Å². The fraction of sp³-hybridized carbons (Fsp3) is 0.933. The summed E-state index contributed by atoms with van der Waals surface area (Å²) < 4.78 is 23.3. The number of nitrogens with one attached hydrogen (secondary N) is 1. The molecule has 0 aromatic carbocycles. The number of aliphatic hydroxyl groups is 1. The normalized spacial score (nSPS) is 14.4. The average molecular weight is 787 g/mol. The number of rotatable bonds is 42. The molecule has 0 aliphatic heterocycles. The van der Waals surface area contributed by atoms with Crippen LogP contribution < -0.4 is 10.2 Å². The number of nitrogens with zero attached hydrogens (tertiary/aromatic N) is 1. The topological polar surface area (TPSA) is 108 Å². The van der Waals surface area contributed by atoms with Gasteiger partial charge in [-0.1, -0.05) is 187 Å². The van der Waals surface area contributed by atoms with Crippen LogP contribution in [-0.4, -0.2) is 68.5 Å². The van der Waals surface area contributed by atoms with E-state index in [1.165, 1.54) is 141 Å². The minimum atomic E-state index is -4.56. The van der Waals surface area contributed by atoms with Crippen LogP contribution in [0.4, 0.5) is 0 Å². The van der Waals surface area contributed by atoms with Gasteiger partial charge in [0.2, 0.25) is 5.91 Å². The first-order valence-corrected chi connectivity index (χ1v) is 24.5. The first-order chi connectivity index (χ1) is 26.0. The average Bonchev–Trinajstić information content (AvgIpc) is 3.12. The van der Waals surface area contributed by atoms with E-state index in [-0.39, 0.29) is 19.1 Å². The van der Waals surface area contributed by atoms with Gasteiger partial charge in [0.05, 0.1) is 39.9 Å². The number of carbonyl (C=O) groups excluding carboxylic acids is 1. The van der Waals surface area contributed by atoms with Gasteiger partial charge in [0.15, 0.2) is 0 Å². The molecule has 0 spiro atoms. The molecule has 0 saturated carbocycles. The molecule has 0 fully saturated rings. The first-order valence-electron chi connectivity index (χ1n) is 23.0. The number of phosphoric ester groups is 1. The Balaban J connectivity index is 4.35. The van der Waals surface area contributed by atoms with E-state index < -0.39 is 20.0 Å². The summed E-state index contributed by atoms with van der Waals surface area (Å²) in [5.41, 5.74) is 0. The van der Waals surface area contributed by atoms with Crippen molar-refractivity contribution in [1.82, 2.24) is 5.32 Å². The van der Waals surface area contributed by atoms with Crippen LogP contribution in [0.5, 0.6) is 0 Å². The SMILES string of the molecule is CCCCCCCCC/C=C\CCCCCCCC(=O)NC(COP(=O)([O-])OCC[N+](C)(C)C)C(O)CCCCCCCCCCCCCCCCCC. The fourth-order valence-corrected chi connectivity index (χ4v) is 7.52. The number of amides is 1. The molecule has 0 heterocycles. The molecule has 0 aliphatic carbocycles. The summed E-state index contributed by atoms with van der Waals surface area (Å²) in [5, 5.41) is 13.9. The number of quaternary nitrogens is 1. The van der Waals surface area contributed by atoms with Crippen LogP contribution in [0.25, 0.3) is 0 Å². The molecule has 322 valence electrons. The van der Waals surface area contributed by atoms with Crippen molar-refractivity contribution in [2.45, 2.75) is 231 Å². The predicted molar refractivity (Wildman–Crippen MR) is 229 cm³/mol. The monoisotopic (exact) mass is 787 g/mol. The van der Waals surface area contributed by atoms with Gasteiger partial charge >= 0.3 is 0 Å². The summed E-state index contributed by atoms with van der Waals surface area (Å²) in [7, 11) is 1.31.